The summed E-state index contributed by atoms with van der Waals surface area (Å²) in [5.74, 6) is -0.107. The third kappa shape index (κ3) is 5.07. The second-order valence-corrected chi connectivity index (χ2v) is 5.50. The first kappa shape index (κ1) is 15.0. The first-order valence-electron chi connectivity index (χ1n) is 7.05. The van der Waals surface area contributed by atoms with Crippen LogP contribution in [0.2, 0.25) is 0 Å². The summed E-state index contributed by atoms with van der Waals surface area (Å²) in [5.41, 5.74) is 0. The molecule has 0 heterocycles. The van der Waals surface area contributed by atoms with Crippen molar-refractivity contribution in [2.24, 2.45) is 11.8 Å². The Bertz CT molecular complexity index is 285. The van der Waals surface area contributed by atoms with E-state index in [2.05, 4.69) is 5.32 Å². The van der Waals surface area contributed by atoms with Crippen molar-refractivity contribution in [3.8, 4) is 0 Å². The van der Waals surface area contributed by atoms with E-state index in [1.165, 1.54) is 25.7 Å². The van der Waals surface area contributed by atoms with Crippen LogP contribution in [0.1, 0.15) is 58.8 Å². The molecule has 0 radical (unpaired) electrons. The molecular formula is C14H25NO3. The fourth-order valence-electron chi connectivity index (χ4n) is 2.78. The van der Waals surface area contributed by atoms with Crippen molar-refractivity contribution in [1.82, 2.24) is 5.32 Å². The zero-order valence-electron chi connectivity index (χ0n) is 11.4. The van der Waals surface area contributed by atoms with Crippen LogP contribution < -0.4 is 5.32 Å². The molecule has 4 heteroatoms. The number of hydrogen-bond acceptors (Lipinski definition) is 2. The van der Waals surface area contributed by atoms with Crippen LogP contribution in [0.15, 0.2) is 0 Å². The van der Waals surface area contributed by atoms with Crippen LogP contribution in [0.25, 0.3) is 0 Å². The van der Waals surface area contributed by atoms with Gasteiger partial charge in [-0.05, 0) is 25.7 Å². The molecule has 0 bridgehead atoms. The zero-order valence-corrected chi connectivity index (χ0v) is 11.4. The number of aliphatic carboxylic acids is 1. The van der Waals surface area contributed by atoms with Crippen molar-refractivity contribution in [3.63, 3.8) is 0 Å². The lowest BCUT2D eigenvalue weighted by Gasteiger charge is -2.21. The van der Waals surface area contributed by atoms with Crippen LogP contribution in [-0.4, -0.2) is 23.0 Å². The minimum absolute atomic E-state index is 0.00833. The van der Waals surface area contributed by atoms with Crippen molar-refractivity contribution in [2.45, 2.75) is 64.8 Å². The molecule has 0 aromatic carbocycles. The minimum atomic E-state index is -0.869. The highest BCUT2D eigenvalue weighted by molar-refractivity contribution is 5.79. The largest absolute Gasteiger partial charge is 0.481 e. The molecule has 0 saturated heterocycles. The van der Waals surface area contributed by atoms with Gasteiger partial charge in [-0.25, -0.2) is 0 Å². The van der Waals surface area contributed by atoms with Gasteiger partial charge in [-0.1, -0.05) is 32.6 Å². The quantitative estimate of drug-likeness (QED) is 0.734. The molecule has 18 heavy (non-hydrogen) atoms. The molecule has 1 aliphatic rings. The maximum absolute atomic E-state index is 12.0. The van der Waals surface area contributed by atoms with Gasteiger partial charge in [0.15, 0.2) is 0 Å². The summed E-state index contributed by atoms with van der Waals surface area (Å²) in [5, 5.41) is 11.5. The predicted molar refractivity (Wildman–Crippen MR) is 70.2 cm³/mol. The average molecular weight is 255 g/mol. The van der Waals surface area contributed by atoms with Crippen molar-refractivity contribution in [1.29, 1.82) is 0 Å². The summed E-state index contributed by atoms with van der Waals surface area (Å²) in [6.07, 6.45) is 6.86. The SMILES string of the molecule is CCC(CC1CCCC1)C(=O)NC(C)CC(=O)O. The van der Waals surface area contributed by atoms with E-state index < -0.39 is 5.97 Å². The van der Waals surface area contributed by atoms with E-state index in [0.717, 1.165) is 12.8 Å². The molecule has 0 aromatic heterocycles. The molecule has 1 aliphatic carbocycles. The van der Waals surface area contributed by atoms with Gasteiger partial charge < -0.3 is 10.4 Å². The van der Waals surface area contributed by atoms with E-state index in [1.807, 2.05) is 6.92 Å². The van der Waals surface area contributed by atoms with Gasteiger partial charge in [0.05, 0.1) is 6.42 Å². The van der Waals surface area contributed by atoms with Gasteiger partial charge in [0.25, 0.3) is 0 Å². The lowest BCUT2D eigenvalue weighted by Crippen LogP contribution is -2.38. The van der Waals surface area contributed by atoms with Crippen LogP contribution in [0.4, 0.5) is 0 Å². The second-order valence-electron chi connectivity index (χ2n) is 5.50. The Kier molecular flexibility index (Phi) is 6.16. The summed E-state index contributed by atoms with van der Waals surface area (Å²) in [6.45, 7) is 3.77. The van der Waals surface area contributed by atoms with E-state index >= 15 is 0 Å². The Morgan fingerprint density at radius 2 is 1.94 bits per heavy atom. The molecule has 1 fully saturated rings. The number of carboxylic acids is 1. The van der Waals surface area contributed by atoms with Gasteiger partial charge in [0.1, 0.15) is 0 Å². The summed E-state index contributed by atoms with van der Waals surface area (Å²) in [4.78, 5) is 22.6. The number of carbonyl (C=O) groups is 2. The van der Waals surface area contributed by atoms with Gasteiger partial charge >= 0.3 is 5.97 Å². The molecule has 4 nitrogen and oxygen atoms in total. The zero-order chi connectivity index (χ0) is 13.5. The molecule has 0 aliphatic heterocycles. The molecule has 2 unspecified atom stereocenters. The van der Waals surface area contributed by atoms with E-state index in [4.69, 9.17) is 5.11 Å². The van der Waals surface area contributed by atoms with Gasteiger partial charge in [-0.3, -0.25) is 9.59 Å². The van der Waals surface area contributed by atoms with Crippen molar-refractivity contribution in [3.05, 3.63) is 0 Å². The Balaban J connectivity index is 2.38. The molecular weight excluding hydrogens is 230 g/mol. The highest BCUT2D eigenvalue weighted by Gasteiger charge is 2.24. The summed E-state index contributed by atoms with van der Waals surface area (Å²) in [6, 6.07) is -0.285. The van der Waals surface area contributed by atoms with Crippen molar-refractivity contribution >= 4 is 11.9 Å². The molecule has 1 rings (SSSR count). The number of nitrogens with one attached hydrogen (secondary N) is 1. The van der Waals surface area contributed by atoms with Crippen molar-refractivity contribution in [2.75, 3.05) is 0 Å². The van der Waals surface area contributed by atoms with Crippen LogP contribution in [0.3, 0.4) is 0 Å². The Hall–Kier alpha value is -1.06. The molecule has 104 valence electrons. The lowest BCUT2D eigenvalue weighted by atomic mass is 9.90. The summed E-state index contributed by atoms with van der Waals surface area (Å²) < 4.78 is 0. The van der Waals surface area contributed by atoms with Crippen LogP contribution >= 0.6 is 0 Å². The monoisotopic (exact) mass is 255 g/mol. The average Bonchev–Trinajstić information content (AvgIpc) is 2.76. The number of carboxylic acid groups (broad SMARTS) is 1. The highest BCUT2D eigenvalue weighted by Crippen LogP contribution is 2.31. The van der Waals surface area contributed by atoms with E-state index in [9.17, 15) is 9.59 Å². The molecule has 1 saturated carbocycles. The molecule has 1 amide bonds. The van der Waals surface area contributed by atoms with E-state index in [-0.39, 0.29) is 24.3 Å². The first-order valence-corrected chi connectivity index (χ1v) is 7.05. The van der Waals surface area contributed by atoms with E-state index in [0.29, 0.717) is 5.92 Å². The van der Waals surface area contributed by atoms with Gasteiger partial charge in [0, 0.05) is 12.0 Å². The van der Waals surface area contributed by atoms with Gasteiger partial charge in [0.2, 0.25) is 5.91 Å². The Morgan fingerprint density at radius 3 is 2.44 bits per heavy atom. The smallest absolute Gasteiger partial charge is 0.305 e. The fourth-order valence-corrected chi connectivity index (χ4v) is 2.78. The van der Waals surface area contributed by atoms with E-state index in [1.54, 1.807) is 6.92 Å². The Morgan fingerprint density at radius 1 is 1.33 bits per heavy atom. The first-order chi connectivity index (χ1) is 8.52. The third-order valence-corrected chi connectivity index (χ3v) is 3.83. The summed E-state index contributed by atoms with van der Waals surface area (Å²) in [7, 11) is 0. The Labute approximate surface area is 109 Å². The minimum Gasteiger partial charge on any atom is -0.481 e. The van der Waals surface area contributed by atoms with Crippen LogP contribution in [-0.2, 0) is 9.59 Å². The third-order valence-electron chi connectivity index (χ3n) is 3.83. The maximum Gasteiger partial charge on any atom is 0.305 e. The molecule has 2 N–H and O–H groups in total. The summed E-state index contributed by atoms with van der Waals surface area (Å²) >= 11 is 0. The molecule has 0 aromatic rings. The molecule has 2 atom stereocenters. The fraction of sp³-hybridized carbons (Fsp3) is 0.857. The topological polar surface area (TPSA) is 66.4 Å². The standard InChI is InChI=1S/C14H25NO3/c1-3-12(9-11-6-4-5-7-11)14(18)15-10(2)8-13(16)17/h10-12H,3-9H2,1-2H3,(H,15,18)(H,16,17). The normalized spacial score (nSPS) is 19.4. The number of hydrogen-bond donors (Lipinski definition) is 2. The highest BCUT2D eigenvalue weighted by atomic mass is 16.4. The lowest BCUT2D eigenvalue weighted by molar-refractivity contribution is -0.137. The second kappa shape index (κ2) is 7.39. The molecule has 0 spiro atoms. The van der Waals surface area contributed by atoms with Crippen LogP contribution in [0, 0.1) is 11.8 Å². The van der Waals surface area contributed by atoms with Crippen LogP contribution in [0.5, 0.6) is 0 Å². The predicted octanol–water partition coefficient (Wildman–Crippen LogP) is 2.57. The van der Waals surface area contributed by atoms with Gasteiger partial charge in [-0.2, -0.15) is 0 Å². The van der Waals surface area contributed by atoms with Crippen molar-refractivity contribution < 1.29 is 14.7 Å². The number of amides is 1. The van der Waals surface area contributed by atoms with Gasteiger partial charge in [-0.15, -0.1) is 0 Å². The number of carbonyl (C=O) groups excluding carboxylic acids is 1. The maximum atomic E-state index is 12.0. The number of rotatable bonds is 7.